The van der Waals surface area contributed by atoms with E-state index < -0.39 is 22.8 Å². The van der Waals surface area contributed by atoms with Gasteiger partial charge in [0.2, 0.25) is 11.8 Å². The Labute approximate surface area is 256 Å². The fourth-order valence-electron chi connectivity index (χ4n) is 5.16. The molecular formula is C34H27F3N4O2S. The summed E-state index contributed by atoms with van der Waals surface area (Å²) in [5, 5.41) is 7.03. The van der Waals surface area contributed by atoms with Crippen molar-refractivity contribution in [1.82, 2.24) is 15.1 Å². The Morgan fingerprint density at radius 3 is 2.34 bits per heavy atom. The number of rotatable bonds is 7. The molecule has 1 unspecified atom stereocenters. The maximum atomic E-state index is 15.4. The van der Waals surface area contributed by atoms with Crippen LogP contribution in [0.1, 0.15) is 27.5 Å². The van der Waals surface area contributed by atoms with Gasteiger partial charge in [-0.3, -0.25) is 14.5 Å². The molecule has 10 heteroatoms. The number of carbonyl (C=O) groups excluding carboxylic acids is 2. The van der Waals surface area contributed by atoms with E-state index in [9.17, 15) is 18.4 Å². The first-order valence-electron chi connectivity index (χ1n) is 13.9. The Kier molecular flexibility index (Phi) is 8.25. The molecule has 2 amide bonds. The van der Waals surface area contributed by atoms with Crippen molar-refractivity contribution in [3.63, 3.8) is 0 Å². The minimum absolute atomic E-state index is 0.0659. The normalized spacial score (nSPS) is 14.7. The average molecular weight is 613 g/mol. The molecule has 1 aliphatic heterocycles. The van der Waals surface area contributed by atoms with Crippen LogP contribution in [0.5, 0.6) is 0 Å². The number of hydrogen-bond acceptors (Lipinski definition) is 4. The summed E-state index contributed by atoms with van der Waals surface area (Å²) in [6.45, 7) is 1.75. The predicted molar refractivity (Wildman–Crippen MR) is 165 cm³/mol. The van der Waals surface area contributed by atoms with Gasteiger partial charge in [-0.15, -0.1) is 11.8 Å². The topological polar surface area (TPSA) is 67.2 Å². The number of halogens is 3. The Morgan fingerprint density at radius 1 is 0.932 bits per heavy atom. The van der Waals surface area contributed by atoms with Crippen molar-refractivity contribution in [3.8, 4) is 16.9 Å². The minimum Gasteiger partial charge on any atom is -0.350 e. The van der Waals surface area contributed by atoms with Gasteiger partial charge in [-0.2, -0.15) is 5.10 Å². The van der Waals surface area contributed by atoms with E-state index in [1.165, 1.54) is 40.9 Å². The highest BCUT2D eigenvalue weighted by molar-refractivity contribution is 8.00. The summed E-state index contributed by atoms with van der Waals surface area (Å²) >= 11 is 1.20. The van der Waals surface area contributed by atoms with Crippen LogP contribution >= 0.6 is 11.8 Å². The molecule has 0 fully saturated rings. The first-order valence-corrected chi connectivity index (χ1v) is 15.0. The van der Waals surface area contributed by atoms with Crippen LogP contribution in [0.25, 0.3) is 16.9 Å². The van der Waals surface area contributed by atoms with E-state index in [2.05, 4.69) is 5.32 Å². The molecular weight excluding hydrogens is 585 g/mol. The number of nitrogens with zero attached hydrogens (tertiary/aromatic N) is 3. The lowest BCUT2D eigenvalue weighted by atomic mass is 9.99. The number of aryl methyl sites for hydroxylation is 1. The standard InChI is InChI=1S/C34H27F3N4O2S/c1-21-7-14-26(15-8-21)41-34-31(32(39-41)23-5-3-2-4-6-23)33(27-16-13-25(36)17-28(27)37)44-20-30(43)40(34)19-29(42)38-18-22-9-11-24(35)12-10-22/h2-17,33H,18-20H2,1H3,(H,38,42). The summed E-state index contributed by atoms with van der Waals surface area (Å²) in [7, 11) is 0. The molecule has 1 atom stereocenters. The number of benzene rings is 4. The van der Waals surface area contributed by atoms with Crippen molar-refractivity contribution < 1.29 is 22.8 Å². The van der Waals surface area contributed by atoms with Gasteiger partial charge >= 0.3 is 0 Å². The summed E-state index contributed by atoms with van der Waals surface area (Å²) in [4.78, 5) is 28.5. The Hall–Kier alpha value is -4.83. The van der Waals surface area contributed by atoms with Gasteiger partial charge < -0.3 is 5.32 Å². The molecule has 0 radical (unpaired) electrons. The van der Waals surface area contributed by atoms with Crippen LogP contribution in [0, 0.1) is 24.4 Å². The Balaban J connectivity index is 1.51. The zero-order valence-corrected chi connectivity index (χ0v) is 24.5. The van der Waals surface area contributed by atoms with E-state index in [1.54, 1.807) is 16.8 Å². The van der Waals surface area contributed by atoms with Gasteiger partial charge in [-0.1, -0.05) is 66.2 Å². The molecule has 1 aliphatic rings. The molecule has 0 aliphatic carbocycles. The zero-order valence-electron chi connectivity index (χ0n) is 23.6. The van der Waals surface area contributed by atoms with Gasteiger partial charge in [0.25, 0.3) is 0 Å². The van der Waals surface area contributed by atoms with Crippen molar-refractivity contribution in [1.29, 1.82) is 0 Å². The summed E-state index contributed by atoms with van der Waals surface area (Å²) in [6.07, 6.45) is 0. The highest BCUT2D eigenvalue weighted by atomic mass is 32.2. The first-order chi connectivity index (χ1) is 21.3. The highest BCUT2D eigenvalue weighted by Crippen LogP contribution is 2.49. The SMILES string of the molecule is Cc1ccc(-n2nc(-c3ccccc3)c3c2N(CC(=O)NCc2ccc(F)cc2)C(=O)CSC3c2ccc(F)cc2F)cc1. The Morgan fingerprint density at radius 2 is 1.64 bits per heavy atom. The Bertz CT molecular complexity index is 1830. The fourth-order valence-corrected chi connectivity index (χ4v) is 6.38. The van der Waals surface area contributed by atoms with E-state index in [4.69, 9.17) is 5.10 Å². The lowest BCUT2D eigenvalue weighted by Gasteiger charge is -2.23. The van der Waals surface area contributed by atoms with E-state index in [0.29, 0.717) is 28.3 Å². The van der Waals surface area contributed by atoms with Crippen LogP contribution in [0.3, 0.4) is 0 Å². The molecule has 5 aromatic rings. The van der Waals surface area contributed by atoms with Crippen molar-refractivity contribution in [3.05, 3.63) is 137 Å². The maximum Gasteiger partial charge on any atom is 0.240 e. The number of amides is 2. The second kappa shape index (κ2) is 12.4. The van der Waals surface area contributed by atoms with Crippen LogP contribution in [-0.4, -0.2) is 33.9 Å². The number of fused-ring (bicyclic) bond motifs is 1. The molecule has 222 valence electrons. The van der Waals surface area contributed by atoms with Crippen molar-refractivity contribution in [2.75, 3.05) is 17.2 Å². The van der Waals surface area contributed by atoms with Crippen LogP contribution in [0.2, 0.25) is 0 Å². The molecule has 6 rings (SSSR count). The van der Waals surface area contributed by atoms with Gasteiger partial charge in [0.15, 0.2) is 0 Å². The largest absolute Gasteiger partial charge is 0.350 e. The molecule has 0 spiro atoms. The van der Waals surface area contributed by atoms with Crippen molar-refractivity contribution >= 4 is 29.4 Å². The first kappa shape index (κ1) is 29.3. The number of anilines is 1. The third kappa shape index (κ3) is 5.98. The molecule has 1 N–H and O–H groups in total. The fraction of sp³-hybridized carbons (Fsp3) is 0.147. The van der Waals surface area contributed by atoms with E-state index in [-0.39, 0.29) is 36.1 Å². The smallest absolute Gasteiger partial charge is 0.240 e. The lowest BCUT2D eigenvalue weighted by molar-refractivity contribution is -0.123. The molecule has 2 heterocycles. The third-order valence-corrected chi connectivity index (χ3v) is 8.60. The van der Waals surface area contributed by atoms with Crippen LogP contribution in [-0.2, 0) is 16.1 Å². The van der Waals surface area contributed by atoms with E-state index in [1.807, 2.05) is 61.5 Å². The number of aromatic nitrogens is 2. The second-order valence-corrected chi connectivity index (χ2v) is 11.5. The number of nitrogens with one attached hydrogen (secondary N) is 1. The molecule has 44 heavy (non-hydrogen) atoms. The van der Waals surface area contributed by atoms with Gasteiger partial charge in [0.05, 0.1) is 22.4 Å². The second-order valence-electron chi connectivity index (χ2n) is 10.4. The van der Waals surface area contributed by atoms with Crippen LogP contribution in [0.4, 0.5) is 19.0 Å². The molecule has 0 saturated heterocycles. The monoisotopic (exact) mass is 612 g/mol. The molecule has 1 aromatic heterocycles. The summed E-state index contributed by atoms with van der Waals surface area (Å²) in [5.74, 6) is -2.38. The van der Waals surface area contributed by atoms with Gasteiger partial charge in [-0.25, -0.2) is 17.9 Å². The number of thioether (sulfide) groups is 1. The quantitative estimate of drug-likeness (QED) is 0.221. The predicted octanol–water partition coefficient (Wildman–Crippen LogP) is 6.75. The van der Waals surface area contributed by atoms with Gasteiger partial charge in [-0.05, 0) is 42.8 Å². The lowest BCUT2D eigenvalue weighted by Crippen LogP contribution is -2.42. The third-order valence-electron chi connectivity index (χ3n) is 7.36. The molecule has 0 saturated carbocycles. The summed E-state index contributed by atoms with van der Waals surface area (Å²) in [5.41, 5.74) is 4.33. The molecule has 4 aromatic carbocycles. The molecule has 0 bridgehead atoms. The van der Waals surface area contributed by atoms with Gasteiger partial charge in [0.1, 0.15) is 29.8 Å². The molecule has 6 nitrogen and oxygen atoms in total. The van der Waals surface area contributed by atoms with Crippen LogP contribution < -0.4 is 10.2 Å². The van der Waals surface area contributed by atoms with Crippen LogP contribution in [0.15, 0.2) is 97.1 Å². The summed E-state index contributed by atoms with van der Waals surface area (Å²) in [6, 6.07) is 26.0. The van der Waals surface area contributed by atoms with E-state index in [0.717, 1.165) is 17.2 Å². The number of hydrogen-bond donors (Lipinski definition) is 1. The van der Waals surface area contributed by atoms with E-state index >= 15 is 4.39 Å². The number of carbonyl (C=O) groups is 2. The minimum atomic E-state index is -0.742. The van der Waals surface area contributed by atoms with Crippen molar-refractivity contribution in [2.45, 2.75) is 18.7 Å². The van der Waals surface area contributed by atoms with Crippen molar-refractivity contribution in [2.24, 2.45) is 0 Å². The van der Waals surface area contributed by atoms with Gasteiger partial charge in [0, 0.05) is 29.3 Å². The maximum absolute atomic E-state index is 15.4. The zero-order chi connectivity index (χ0) is 30.8. The average Bonchev–Trinajstić information content (AvgIpc) is 3.35. The highest BCUT2D eigenvalue weighted by Gasteiger charge is 2.38. The summed E-state index contributed by atoms with van der Waals surface area (Å²) < 4.78 is 44.4.